The Morgan fingerprint density at radius 2 is 2.05 bits per heavy atom. The van der Waals surface area contributed by atoms with Gasteiger partial charge in [-0.15, -0.1) is 0 Å². The van der Waals surface area contributed by atoms with Crippen LogP contribution in [0.1, 0.15) is 24.2 Å². The van der Waals surface area contributed by atoms with Gasteiger partial charge in [0.25, 0.3) is 5.91 Å². The predicted molar refractivity (Wildman–Crippen MR) is 83.1 cm³/mol. The molecule has 0 fully saturated rings. The van der Waals surface area contributed by atoms with Crippen LogP contribution in [0.25, 0.3) is 0 Å². The van der Waals surface area contributed by atoms with E-state index >= 15 is 0 Å². The minimum Gasteiger partial charge on any atom is -0.373 e. The summed E-state index contributed by atoms with van der Waals surface area (Å²) in [5.41, 5.74) is 0.684. The first-order valence-electron chi connectivity index (χ1n) is 7.01. The Morgan fingerprint density at radius 1 is 1.35 bits per heavy atom. The van der Waals surface area contributed by atoms with Gasteiger partial charge >= 0.3 is 0 Å². The molecule has 0 unspecified atom stereocenters. The van der Waals surface area contributed by atoms with Crippen LogP contribution in [-0.2, 0) is 0 Å². The number of aromatic nitrogens is 1. The van der Waals surface area contributed by atoms with Gasteiger partial charge in [0.2, 0.25) is 0 Å². The number of amides is 1. The number of nitrogens with one attached hydrogen (secondary N) is 1. The third-order valence-electron chi connectivity index (χ3n) is 2.95. The lowest BCUT2D eigenvalue weighted by Crippen LogP contribution is -2.39. The molecule has 0 atom stereocenters. The summed E-state index contributed by atoms with van der Waals surface area (Å²) in [4.78, 5) is 20.8. The molecule has 0 saturated heterocycles. The quantitative estimate of drug-likeness (QED) is 0.826. The first kappa shape index (κ1) is 16.4. The van der Waals surface area contributed by atoms with Crippen molar-refractivity contribution >= 4 is 11.7 Å². The molecule has 20 heavy (non-hydrogen) atoms. The van der Waals surface area contributed by atoms with E-state index < -0.39 is 0 Å². The zero-order chi connectivity index (χ0) is 15.1. The van der Waals surface area contributed by atoms with Crippen molar-refractivity contribution in [3.8, 4) is 0 Å². The van der Waals surface area contributed by atoms with Gasteiger partial charge in [-0.3, -0.25) is 4.79 Å². The fourth-order valence-electron chi connectivity index (χ4n) is 1.92. The van der Waals surface area contributed by atoms with Crippen molar-refractivity contribution < 1.29 is 4.79 Å². The van der Waals surface area contributed by atoms with Crippen molar-refractivity contribution in [2.45, 2.75) is 13.8 Å². The molecule has 0 aromatic carbocycles. The largest absolute Gasteiger partial charge is 0.373 e. The molecule has 1 N–H and O–H groups in total. The number of carbonyl (C=O) groups excluding carboxylic acids is 1. The highest BCUT2D eigenvalue weighted by molar-refractivity contribution is 5.94. The molecule has 5 nitrogen and oxygen atoms in total. The molecule has 0 aliphatic heterocycles. The van der Waals surface area contributed by atoms with E-state index in [1.165, 1.54) is 0 Å². The van der Waals surface area contributed by atoms with Crippen LogP contribution in [0.4, 0.5) is 5.82 Å². The van der Waals surface area contributed by atoms with Crippen LogP contribution in [0.2, 0.25) is 0 Å². The number of nitrogens with zero attached hydrogens (tertiary/aromatic N) is 3. The number of hydrogen-bond donors (Lipinski definition) is 1. The maximum Gasteiger partial charge on any atom is 0.254 e. The summed E-state index contributed by atoms with van der Waals surface area (Å²) < 4.78 is 0. The van der Waals surface area contributed by atoms with Crippen LogP contribution in [0.5, 0.6) is 0 Å². The fourth-order valence-corrected chi connectivity index (χ4v) is 1.92. The average molecular weight is 278 g/mol. The number of carbonyl (C=O) groups is 1. The van der Waals surface area contributed by atoms with Crippen LogP contribution < -0.4 is 5.32 Å². The molecule has 1 amide bonds. The zero-order valence-electron chi connectivity index (χ0n) is 13.2. The molecule has 0 spiro atoms. The SMILES string of the molecule is CNc1cc(C(=O)N(CCN(C)C)CC(C)C)ccn1. The van der Waals surface area contributed by atoms with E-state index in [1.807, 2.05) is 19.0 Å². The van der Waals surface area contributed by atoms with Gasteiger partial charge in [-0.05, 0) is 32.1 Å². The summed E-state index contributed by atoms with van der Waals surface area (Å²) in [6.45, 7) is 6.62. The minimum atomic E-state index is 0.0689. The van der Waals surface area contributed by atoms with Gasteiger partial charge in [-0.1, -0.05) is 13.8 Å². The maximum absolute atomic E-state index is 12.6. The lowest BCUT2D eigenvalue weighted by Gasteiger charge is -2.26. The third kappa shape index (κ3) is 5.17. The first-order valence-corrected chi connectivity index (χ1v) is 7.01. The summed E-state index contributed by atoms with van der Waals surface area (Å²) in [6, 6.07) is 3.57. The van der Waals surface area contributed by atoms with Gasteiger partial charge < -0.3 is 15.1 Å². The van der Waals surface area contributed by atoms with Crippen LogP contribution in [-0.4, -0.2) is 61.5 Å². The third-order valence-corrected chi connectivity index (χ3v) is 2.95. The van der Waals surface area contributed by atoms with Crippen molar-refractivity contribution in [3.63, 3.8) is 0 Å². The molecule has 1 aromatic rings. The highest BCUT2D eigenvalue weighted by atomic mass is 16.2. The van der Waals surface area contributed by atoms with Gasteiger partial charge in [0.1, 0.15) is 5.82 Å². The van der Waals surface area contributed by atoms with Gasteiger partial charge in [0.15, 0.2) is 0 Å². The second kappa shape index (κ2) is 7.85. The van der Waals surface area contributed by atoms with E-state index in [0.717, 1.165) is 19.6 Å². The summed E-state index contributed by atoms with van der Waals surface area (Å²) in [5, 5.41) is 2.96. The molecular weight excluding hydrogens is 252 g/mol. The van der Waals surface area contributed by atoms with Crippen molar-refractivity contribution in [1.82, 2.24) is 14.8 Å². The van der Waals surface area contributed by atoms with E-state index in [2.05, 4.69) is 29.0 Å². The normalized spacial score (nSPS) is 10.9. The monoisotopic (exact) mass is 278 g/mol. The molecular formula is C15H26N4O. The minimum absolute atomic E-state index is 0.0689. The predicted octanol–water partition coefficient (Wildman–Crippen LogP) is 1.78. The van der Waals surface area contributed by atoms with Crippen molar-refractivity contribution in [2.75, 3.05) is 46.1 Å². The summed E-state index contributed by atoms with van der Waals surface area (Å²) in [5.74, 6) is 1.24. The molecule has 5 heteroatoms. The Bertz CT molecular complexity index is 432. The van der Waals surface area contributed by atoms with Crippen LogP contribution in [0.3, 0.4) is 0 Å². The molecule has 112 valence electrons. The van der Waals surface area contributed by atoms with E-state index in [0.29, 0.717) is 17.3 Å². The van der Waals surface area contributed by atoms with Crippen LogP contribution in [0, 0.1) is 5.92 Å². The lowest BCUT2D eigenvalue weighted by atomic mass is 10.1. The molecule has 0 bridgehead atoms. The van der Waals surface area contributed by atoms with Crippen molar-refractivity contribution in [3.05, 3.63) is 23.9 Å². The first-order chi connectivity index (χ1) is 9.43. The number of rotatable bonds is 7. The number of likely N-dealkylation sites (N-methyl/N-ethyl adjacent to an activating group) is 1. The zero-order valence-corrected chi connectivity index (χ0v) is 13.2. The van der Waals surface area contributed by atoms with Crippen LogP contribution >= 0.6 is 0 Å². The fraction of sp³-hybridized carbons (Fsp3) is 0.600. The Morgan fingerprint density at radius 3 is 2.60 bits per heavy atom. The molecule has 0 radical (unpaired) electrons. The van der Waals surface area contributed by atoms with Gasteiger partial charge in [0, 0.05) is 38.4 Å². The second-order valence-corrected chi connectivity index (χ2v) is 5.63. The molecule has 0 aliphatic rings. The van der Waals surface area contributed by atoms with E-state index in [9.17, 15) is 4.79 Å². The summed E-state index contributed by atoms with van der Waals surface area (Å²) in [7, 11) is 5.83. The molecule has 0 saturated carbocycles. The summed E-state index contributed by atoms with van der Waals surface area (Å²) >= 11 is 0. The highest BCUT2D eigenvalue weighted by Crippen LogP contribution is 2.11. The molecule has 1 heterocycles. The maximum atomic E-state index is 12.6. The van der Waals surface area contributed by atoms with Crippen molar-refractivity contribution in [2.24, 2.45) is 5.92 Å². The van der Waals surface area contributed by atoms with E-state index in [-0.39, 0.29) is 5.91 Å². The van der Waals surface area contributed by atoms with E-state index in [1.54, 1.807) is 25.4 Å². The Labute approximate surface area is 122 Å². The second-order valence-electron chi connectivity index (χ2n) is 5.63. The molecule has 0 aliphatic carbocycles. The van der Waals surface area contributed by atoms with Gasteiger partial charge in [-0.2, -0.15) is 0 Å². The Hall–Kier alpha value is -1.62. The molecule has 1 aromatic heterocycles. The summed E-state index contributed by atoms with van der Waals surface area (Å²) in [6.07, 6.45) is 1.67. The topological polar surface area (TPSA) is 48.5 Å². The highest BCUT2D eigenvalue weighted by Gasteiger charge is 2.17. The smallest absolute Gasteiger partial charge is 0.254 e. The Balaban J connectivity index is 2.84. The molecule has 1 rings (SSSR count). The van der Waals surface area contributed by atoms with Crippen molar-refractivity contribution in [1.29, 1.82) is 0 Å². The standard InChI is InChI=1S/C15H26N4O/c1-12(2)11-19(9-8-18(4)5)15(20)13-6-7-17-14(10-13)16-3/h6-7,10,12H,8-9,11H2,1-5H3,(H,16,17). The number of pyridine rings is 1. The number of hydrogen-bond acceptors (Lipinski definition) is 4. The lowest BCUT2D eigenvalue weighted by molar-refractivity contribution is 0.0724. The van der Waals surface area contributed by atoms with Gasteiger partial charge in [-0.25, -0.2) is 4.98 Å². The van der Waals surface area contributed by atoms with Crippen LogP contribution in [0.15, 0.2) is 18.3 Å². The Kier molecular flexibility index (Phi) is 6.45. The number of anilines is 1. The van der Waals surface area contributed by atoms with E-state index in [4.69, 9.17) is 0 Å². The average Bonchev–Trinajstić information content (AvgIpc) is 2.42. The van der Waals surface area contributed by atoms with Gasteiger partial charge in [0.05, 0.1) is 0 Å².